The summed E-state index contributed by atoms with van der Waals surface area (Å²) in [6.07, 6.45) is 10.6. The maximum absolute atomic E-state index is 12.8. The second kappa shape index (κ2) is 6.32. The van der Waals surface area contributed by atoms with E-state index in [9.17, 15) is 8.42 Å². The molecule has 1 N–H and O–H groups in total. The molecule has 0 amide bonds. The zero-order chi connectivity index (χ0) is 14.0. The summed E-state index contributed by atoms with van der Waals surface area (Å²) in [5.41, 5.74) is 0. The molecule has 1 aliphatic carbocycles. The number of sulfonamides is 1. The third-order valence-electron chi connectivity index (χ3n) is 5.37. The van der Waals surface area contributed by atoms with E-state index in [1.807, 2.05) is 4.31 Å². The Kier molecular flexibility index (Phi) is 4.68. The van der Waals surface area contributed by atoms with E-state index in [1.165, 1.54) is 38.5 Å². The zero-order valence-corrected chi connectivity index (χ0v) is 13.2. The van der Waals surface area contributed by atoms with Gasteiger partial charge in [-0.1, -0.05) is 19.3 Å². The van der Waals surface area contributed by atoms with Gasteiger partial charge in [-0.25, -0.2) is 8.42 Å². The summed E-state index contributed by atoms with van der Waals surface area (Å²) in [5.74, 6) is 0.947. The van der Waals surface area contributed by atoms with Crippen molar-refractivity contribution in [3.8, 4) is 0 Å². The molecule has 116 valence electrons. The predicted molar refractivity (Wildman–Crippen MR) is 81.1 cm³/mol. The molecule has 0 aromatic carbocycles. The van der Waals surface area contributed by atoms with Crippen LogP contribution in [0.1, 0.15) is 57.8 Å². The van der Waals surface area contributed by atoms with Crippen molar-refractivity contribution in [2.45, 2.75) is 69.9 Å². The van der Waals surface area contributed by atoms with E-state index in [2.05, 4.69) is 5.32 Å². The molecule has 3 rings (SSSR count). The molecule has 0 bridgehead atoms. The van der Waals surface area contributed by atoms with Crippen LogP contribution in [0.25, 0.3) is 0 Å². The number of piperidine rings is 1. The fraction of sp³-hybridized carbons (Fsp3) is 1.00. The summed E-state index contributed by atoms with van der Waals surface area (Å²) < 4.78 is 27.4. The largest absolute Gasteiger partial charge is 0.313 e. The molecule has 3 fully saturated rings. The highest BCUT2D eigenvalue weighted by molar-refractivity contribution is 7.89. The summed E-state index contributed by atoms with van der Waals surface area (Å²) in [6.45, 7) is 1.74. The predicted octanol–water partition coefficient (Wildman–Crippen LogP) is 2.11. The van der Waals surface area contributed by atoms with Gasteiger partial charge < -0.3 is 5.32 Å². The number of hydrogen-bond acceptors (Lipinski definition) is 3. The highest BCUT2D eigenvalue weighted by atomic mass is 32.2. The Labute approximate surface area is 123 Å². The van der Waals surface area contributed by atoms with Gasteiger partial charge in [0.25, 0.3) is 0 Å². The Bertz CT molecular complexity index is 412. The van der Waals surface area contributed by atoms with E-state index in [1.54, 1.807) is 0 Å². The molecule has 3 aliphatic rings. The molecule has 2 atom stereocenters. The summed E-state index contributed by atoms with van der Waals surface area (Å²) in [4.78, 5) is 0. The van der Waals surface area contributed by atoms with Crippen molar-refractivity contribution in [3.05, 3.63) is 0 Å². The fourth-order valence-corrected chi connectivity index (χ4v) is 6.42. The van der Waals surface area contributed by atoms with Crippen LogP contribution in [0, 0.1) is 5.92 Å². The van der Waals surface area contributed by atoms with E-state index in [0.29, 0.717) is 17.7 Å². The van der Waals surface area contributed by atoms with Gasteiger partial charge >= 0.3 is 0 Å². The quantitative estimate of drug-likeness (QED) is 0.865. The third-order valence-corrected chi connectivity index (χ3v) is 7.37. The van der Waals surface area contributed by atoms with Crippen LogP contribution < -0.4 is 5.32 Å². The minimum absolute atomic E-state index is 0.179. The third kappa shape index (κ3) is 3.20. The topological polar surface area (TPSA) is 49.4 Å². The lowest BCUT2D eigenvalue weighted by Crippen LogP contribution is -2.46. The minimum Gasteiger partial charge on any atom is -0.313 e. The van der Waals surface area contributed by atoms with Crippen molar-refractivity contribution < 1.29 is 8.42 Å². The normalized spacial score (nSPS) is 33.8. The lowest BCUT2D eigenvalue weighted by molar-refractivity contribution is 0.286. The van der Waals surface area contributed by atoms with E-state index in [-0.39, 0.29) is 6.04 Å². The van der Waals surface area contributed by atoms with Crippen molar-refractivity contribution >= 4 is 10.0 Å². The van der Waals surface area contributed by atoms with Gasteiger partial charge in [0, 0.05) is 18.6 Å². The van der Waals surface area contributed by atoms with Crippen LogP contribution in [-0.2, 0) is 10.0 Å². The maximum atomic E-state index is 12.8. The van der Waals surface area contributed by atoms with Crippen molar-refractivity contribution in [2.24, 2.45) is 5.92 Å². The van der Waals surface area contributed by atoms with Gasteiger partial charge in [0.15, 0.2) is 0 Å². The second-order valence-corrected chi connectivity index (χ2v) is 8.76. The van der Waals surface area contributed by atoms with Crippen molar-refractivity contribution in [1.29, 1.82) is 0 Å². The molecule has 0 aromatic heterocycles. The molecule has 20 heavy (non-hydrogen) atoms. The van der Waals surface area contributed by atoms with E-state index >= 15 is 0 Å². The average molecular weight is 300 g/mol. The van der Waals surface area contributed by atoms with E-state index < -0.39 is 10.0 Å². The van der Waals surface area contributed by atoms with Gasteiger partial charge in [-0.15, -0.1) is 0 Å². The van der Waals surface area contributed by atoms with Crippen LogP contribution in [0.5, 0.6) is 0 Å². The van der Waals surface area contributed by atoms with Crippen LogP contribution in [0.4, 0.5) is 0 Å². The first-order valence-electron chi connectivity index (χ1n) is 8.40. The zero-order valence-electron chi connectivity index (χ0n) is 12.4. The Morgan fingerprint density at radius 1 is 0.950 bits per heavy atom. The summed E-state index contributed by atoms with van der Waals surface area (Å²) in [7, 11) is -3.08. The molecule has 0 spiro atoms. The molecule has 0 radical (unpaired) electrons. The van der Waals surface area contributed by atoms with Crippen molar-refractivity contribution in [1.82, 2.24) is 9.62 Å². The van der Waals surface area contributed by atoms with Gasteiger partial charge in [0.2, 0.25) is 10.0 Å². The lowest BCUT2D eigenvalue weighted by Gasteiger charge is -2.31. The minimum atomic E-state index is -3.08. The van der Waals surface area contributed by atoms with Gasteiger partial charge in [-0.05, 0) is 51.0 Å². The van der Waals surface area contributed by atoms with Gasteiger partial charge in [-0.3, -0.25) is 0 Å². The molecule has 2 saturated heterocycles. The first-order chi connectivity index (χ1) is 9.67. The van der Waals surface area contributed by atoms with Crippen molar-refractivity contribution in [3.63, 3.8) is 0 Å². The Hall–Kier alpha value is -0.130. The lowest BCUT2D eigenvalue weighted by atomic mass is 9.97. The van der Waals surface area contributed by atoms with Crippen molar-refractivity contribution in [2.75, 3.05) is 18.8 Å². The first-order valence-corrected chi connectivity index (χ1v) is 10.0. The standard InChI is InChI=1S/C15H28N2O2S/c18-20(19,12-14-8-3-4-10-16-14)17-11-5-9-15(17)13-6-1-2-7-13/h13-16H,1-12H2. The monoisotopic (exact) mass is 300 g/mol. The first kappa shape index (κ1) is 14.8. The number of rotatable bonds is 4. The number of nitrogens with zero attached hydrogens (tertiary/aromatic N) is 1. The van der Waals surface area contributed by atoms with E-state index in [4.69, 9.17) is 0 Å². The highest BCUT2D eigenvalue weighted by Gasteiger charge is 2.40. The highest BCUT2D eigenvalue weighted by Crippen LogP contribution is 2.36. The van der Waals surface area contributed by atoms with E-state index in [0.717, 1.165) is 32.4 Å². The molecule has 2 heterocycles. The molecular formula is C15H28N2O2S. The molecule has 2 aliphatic heterocycles. The maximum Gasteiger partial charge on any atom is 0.215 e. The van der Waals surface area contributed by atoms with Crippen LogP contribution in [-0.4, -0.2) is 43.6 Å². The molecule has 1 saturated carbocycles. The SMILES string of the molecule is O=S(=O)(CC1CCCCN1)N1CCCC1C1CCCC1. The van der Waals surface area contributed by atoms with Gasteiger partial charge in [-0.2, -0.15) is 4.31 Å². The molecule has 0 aromatic rings. The number of nitrogens with one attached hydrogen (secondary N) is 1. The van der Waals surface area contributed by atoms with Crippen LogP contribution in [0.15, 0.2) is 0 Å². The van der Waals surface area contributed by atoms with Crippen LogP contribution >= 0.6 is 0 Å². The number of hydrogen-bond donors (Lipinski definition) is 1. The van der Waals surface area contributed by atoms with Gasteiger partial charge in [0.05, 0.1) is 5.75 Å². The smallest absolute Gasteiger partial charge is 0.215 e. The van der Waals surface area contributed by atoms with Gasteiger partial charge in [0.1, 0.15) is 0 Å². The fourth-order valence-electron chi connectivity index (χ4n) is 4.34. The molecular weight excluding hydrogens is 272 g/mol. The Morgan fingerprint density at radius 2 is 1.70 bits per heavy atom. The second-order valence-electron chi connectivity index (χ2n) is 6.79. The average Bonchev–Trinajstić information content (AvgIpc) is 3.10. The molecule has 5 heteroatoms. The Morgan fingerprint density at radius 3 is 2.40 bits per heavy atom. The summed E-state index contributed by atoms with van der Waals surface area (Å²) in [6, 6.07) is 0.490. The molecule has 4 nitrogen and oxygen atoms in total. The Balaban J connectivity index is 1.65. The molecule has 2 unspecified atom stereocenters. The van der Waals surface area contributed by atoms with Crippen LogP contribution in [0.2, 0.25) is 0 Å². The summed E-state index contributed by atoms with van der Waals surface area (Å²) >= 11 is 0. The summed E-state index contributed by atoms with van der Waals surface area (Å²) in [5, 5.41) is 3.38. The van der Waals surface area contributed by atoms with Crippen LogP contribution in [0.3, 0.4) is 0 Å².